The van der Waals surface area contributed by atoms with Crippen LogP contribution in [0.3, 0.4) is 0 Å². The lowest BCUT2D eigenvalue weighted by Crippen LogP contribution is -2.28. The van der Waals surface area contributed by atoms with Crippen molar-refractivity contribution in [2.75, 3.05) is 11.4 Å². The van der Waals surface area contributed by atoms with Crippen molar-refractivity contribution < 1.29 is 13.2 Å². The fraction of sp³-hybridized carbons (Fsp3) is 0.136. The van der Waals surface area contributed by atoms with Crippen molar-refractivity contribution in [1.29, 1.82) is 0 Å². The predicted molar refractivity (Wildman–Crippen MR) is 116 cm³/mol. The Hall–Kier alpha value is -2.48. The summed E-state index contributed by atoms with van der Waals surface area (Å²) < 4.78 is 28.4. The fourth-order valence-electron chi connectivity index (χ4n) is 3.39. The van der Waals surface area contributed by atoms with Crippen molar-refractivity contribution in [3.63, 3.8) is 0 Å². The number of rotatable bonds is 5. The number of benzene rings is 3. The maximum Gasteiger partial charge on any atom is 0.258 e. The molecule has 1 amide bonds. The van der Waals surface area contributed by atoms with E-state index in [9.17, 15) is 13.2 Å². The van der Waals surface area contributed by atoms with Crippen LogP contribution >= 0.6 is 15.9 Å². The van der Waals surface area contributed by atoms with Gasteiger partial charge in [0.05, 0.1) is 4.90 Å². The van der Waals surface area contributed by atoms with Crippen molar-refractivity contribution in [1.82, 2.24) is 4.72 Å². The Morgan fingerprint density at radius 2 is 1.72 bits per heavy atom. The van der Waals surface area contributed by atoms with Crippen LogP contribution in [-0.2, 0) is 23.0 Å². The Balaban J connectivity index is 1.48. The summed E-state index contributed by atoms with van der Waals surface area (Å²) in [5, 5.41) is 0. The number of sulfonamides is 1. The molecule has 1 aliphatic rings. The van der Waals surface area contributed by atoms with E-state index in [0.29, 0.717) is 12.1 Å². The molecule has 3 aromatic carbocycles. The molecule has 0 saturated carbocycles. The second kappa shape index (κ2) is 8.10. The lowest BCUT2D eigenvalue weighted by atomic mass is 10.1. The molecule has 0 spiro atoms. The topological polar surface area (TPSA) is 66.5 Å². The molecule has 0 saturated heterocycles. The average Bonchev–Trinajstić information content (AvgIpc) is 3.16. The molecule has 0 unspecified atom stereocenters. The Morgan fingerprint density at radius 3 is 2.45 bits per heavy atom. The van der Waals surface area contributed by atoms with Gasteiger partial charge in [0.25, 0.3) is 5.91 Å². The minimum absolute atomic E-state index is 0.0203. The SMILES string of the molecule is O=C(c1ccccc1)N1CCc2cc(CNS(=O)(=O)c3ccc(Br)cc3)ccc21. The van der Waals surface area contributed by atoms with E-state index in [4.69, 9.17) is 0 Å². The number of hydrogen-bond donors (Lipinski definition) is 1. The molecule has 0 bridgehead atoms. The van der Waals surface area contributed by atoms with E-state index in [0.717, 1.165) is 27.7 Å². The summed E-state index contributed by atoms with van der Waals surface area (Å²) >= 11 is 3.30. The normalized spacial score (nSPS) is 13.3. The first kappa shape index (κ1) is 19.8. The summed E-state index contributed by atoms with van der Waals surface area (Å²) in [7, 11) is -3.58. The zero-order valence-corrected chi connectivity index (χ0v) is 17.9. The minimum atomic E-state index is -3.58. The molecule has 0 atom stereocenters. The van der Waals surface area contributed by atoms with Crippen LogP contribution in [0.4, 0.5) is 5.69 Å². The second-order valence-electron chi connectivity index (χ2n) is 6.81. The van der Waals surface area contributed by atoms with Gasteiger partial charge in [-0.2, -0.15) is 0 Å². The van der Waals surface area contributed by atoms with Crippen LogP contribution in [0.15, 0.2) is 82.2 Å². The Labute approximate surface area is 178 Å². The molecule has 29 heavy (non-hydrogen) atoms. The third kappa shape index (κ3) is 4.27. The van der Waals surface area contributed by atoms with Crippen LogP contribution in [0.2, 0.25) is 0 Å². The molecule has 0 radical (unpaired) electrons. The van der Waals surface area contributed by atoms with Crippen molar-refractivity contribution in [3.8, 4) is 0 Å². The zero-order valence-electron chi connectivity index (χ0n) is 15.5. The van der Waals surface area contributed by atoms with Gasteiger partial charge in [-0.05, 0) is 60.0 Å². The van der Waals surface area contributed by atoms with Gasteiger partial charge in [-0.1, -0.05) is 46.3 Å². The van der Waals surface area contributed by atoms with E-state index in [1.807, 2.05) is 48.5 Å². The number of fused-ring (bicyclic) bond motifs is 1. The van der Waals surface area contributed by atoms with Gasteiger partial charge in [0.15, 0.2) is 0 Å². The quantitative estimate of drug-likeness (QED) is 0.609. The third-order valence-corrected chi connectivity index (χ3v) is 6.84. The predicted octanol–water partition coefficient (Wildman–Crippen LogP) is 4.13. The molecule has 1 heterocycles. The molecule has 7 heteroatoms. The maximum atomic E-state index is 12.8. The van der Waals surface area contributed by atoms with E-state index in [2.05, 4.69) is 20.7 Å². The van der Waals surface area contributed by atoms with Crippen LogP contribution < -0.4 is 9.62 Å². The molecule has 3 aromatic rings. The van der Waals surface area contributed by atoms with Gasteiger partial charge >= 0.3 is 0 Å². The summed E-state index contributed by atoms with van der Waals surface area (Å²) in [5.74, 6) is -0.0203. The Morgan fingerprint density at radius 1 is 1.00 bits per heavy atom. The van der Waals surface area contributed by atoms with Crippen LogP contribution in [0.25, 0.3) is 0 Å². The van der Waals surface area contributed by atoms with E-state index >= 15 is 0 Å². The molecule has 5 nitrogen and oxygen atoms in total. The highest BCUT2D eigenvalue weighted by molar-refractivity contribution is 9.10. The maximum absolute atomic E-state index is 12.8. The van der Waals surface area contributed by atoms with Gasteiger partial charge in [0.2, 0.25) is 10.0 Å². The fourth-order valence-corrected chi connectivity index (χ4v) is 4.67. The van der Waals surface area contributed by atoms with Gasteiger partial charge < -0.3 is 4.90 Å². The monoisotopic (exact) mass is 470 g/mol. The summed E-state index contributed by atoms with van der Waals surface area (Å²) in [5.41, 5.74) is 3.46. The van der Waals surface area contributed by atoms with Crippen LogP contribution in [0, 0.1) is 0 Å². The number of halogens is 1. The van der Waals surface area contributed by atoms with E-state index < -0.39 is 10.0 Å². The standard InChI is InChI=1S/C22H19BrN2O3S/c23-19-7-9-20(10-8-19)29(27,28)24-15-16-6-11-21-18(14-16)12-13-25(21)22(26)17-4-2-1-3-5-17/h1-11,14,24H,12-13,15H2. The molecule has 0 aliphatic carbocycles. The van der Waals surface area contributed by atoms with E-state index in [1.165, 1.54) is 0 Å². The van der Waals surface area contributed by atoms with Crippen molar-refractivity contribution in [2.45, 2.75) is 17.9 Å². The molecule has 4 rings (SSSR count). The van der Waals surface area contributed by atoms with Gasteiger partial charge in [-0.25, -0.2) is 13.1 Å². The molecule has 0 fully saturated rings. The number of anilines is 1. The molecule has 1 aliphatic heterocycles. The minimum Gasteiger partial charge on any atom is -0.308 e. The number of hydrogen-bond acceptors (Lipinski definition) is 3. The highest BCUT2D eigenvalue weighted by atomic mass is 79.9. The highest BCUT2D eigenvalue weighted by Gasteiger charge is 2.25. The largest absolute Gasteiger partial charge is 0.308 e. The first-order chi connectivity index (χ1) is 13.9. The van der Waals surface area contributed by atoms with Gasteiger partial charge in [-0.15, -0.1) is 0 Å². The summed E-state index contributed by atoms with van der Waals surface area (Å²) in [4.78, 5) is 14.8. The number of carbonyl (C=O) groups is 1. The molecular weight excluding hydrogens is 452 g/mol. The molecule has 0 aromatic heterocycles. The summed E-state index contributed by atoms with van der Waals surface area (Å²) in [6, 6.07) is 21.4. The lowest BCUT2D eigenvalue weighted by Gasteiger charge is -2.17. The van der Waals surface area contributed by atoms with Crippen molar-refractivity contribution in [2.24, 2.45) is 0 Å². The van der Waals surface area contributed by atoms with Crippen LogP contribution in [0.1, 0.15) is 21.5 Å². The number of amides is 1. The van der Waals surface area contributed by atoms with Crippen LogP contribution in [0.5, 0.6) is 0 Å². The van der Waals surface area contributed by atoms with Crippen molar-refractivity contribution >= 4 is 37.5 Å². The highest BCUT2D eigenvalue weighted by Crippen LogP contribution is 2.30. The smallest absolute Gasteiger partial charge is 0.258 e. The molecule has 1 N–H and O–H groups in total. The molecular formula is C22H19BrN2O3S. The first-order valence-electron chi connectivity index (χ1n) is 9.18. The average molecular weight is 471 g/mol. The summed E-state index contributed by atoms with van der Waals surface area (Å²) in [6.07, 6.45) is 0.751. The number of carbonyl (C=O) groups excluding carboxylic acids is 1. The van der Waals surface area contributed by atoms with Crippen LogP contribution in [-0.4, -0.2) is 20.9 Å². The van der Waals surface area contributed by atoms with E-state index in [1.54, 1.807) is 29.2 Å². The summed E-state index contributed by atoms with van der Waals surface area (Å²) in [6.45, 7) is 0.815. The van der Waals surface area contributed by atoms with Gasteiger partial charge in [0, 0.05) is 28.8 Å². The second-order valence-corrected chi connectivity index (χ2v) is 9.50. The van der Waals surface area contributed by atoms with Gasteiger partial charge in [0.1, 0.15) is 0 Å². The van der Waals surface area contributed by atoms with E-state index in [-0.39, 0.29) is 17.3 Å². The third-order valence-electron chi connectivity index (χ3n) is 4.90. The number of nitrogens with one attached hydrogen (secondary N) is 1. The zero-order chi connectivity index (χ0) is 20.4. The van der Waals surface area contributed by atoms with Crippen molar-refractivity contribution in [3.05, 3.63) is 94.0 Å². The lowest BCUT2D eigenvalue weighted by molar-refractivity contribution is 0.0989. The Kier molecular flexibility index (Phi) is 5.54. The number of nitrogens with zero attached hydrogens (tertiary/aromatic N) is 1. The first-order valence-corrected chi connectivity index (χ1v) is 11.5. The Bertz CT molecular complexity index is 1150. The van der Waals surface area contributed by atoms with Gasteiger partial charge in [-0.3, -0.25) is 4.79 Å². The molecule has 148 valence electrons.